The number of nitrogens with two attached hydrogens (primary N) is 1. The summed E-state index contributed by atoms with van der Waals surface area (Å²) in [5, 5.41) is 22.2. The SMILES string of the molecule is CC(C)=CCC/C(C)=C/CC/C(C)=C/CC/C=C(\C)CC/C=C(\C)CC/C=C(\C)CCCCNCc1ccc(Cn2c(=O)[nH]c3c(N)nc(OCC(O)CO)nc32)cc1. The fourth-order valence-electron chi connectivity index (χ4n) is 6.69. The summed E-state index contributed by atoms with van der Waals surface area (Å²) >= 11 is 0. The van der Waals surface area contributed by atoms with Gasteiger partial charge in [0.05, 0.1) is 13.2 Å². The topological polar surface area (TPSA) is 151 Å². The maximum absolute atomic E-state index is 12.7. The fraction of sp³-hybridized carbons (Fsp3) is 0.531. The van der Waals surface area contributed by atoms with Crippen molar-refractivity contribution in [3.8, 4) is 6.01 Å². The number of imidazole rings is 1. The van der Waals surface area contributed by atoms with Gasteiger partial charge in [0.2, 0.25) is 0 Å². The van der Waals surface area contributed by atoms with Crippen LogP contribution in [-0.4, -0.2) is 55.6 Å². The maximum Gasteiger partial charge on any atom is 0.328 e. The summed E-state index contributed by atoms with van der Waals surface area (Å²) in [4.78, 5) is 23.8. The first-order valence-corrected chi connectivity index (χ1v) is 21.7. The number of ether oxygens (including phenoxy) is 1. The molecule has 2 aromatic heterocycles. The Hall–Kier alpha value is -4.51. The average Bonchev–Trinajstić information content (AvgIpc) is 3.51. The van der Waals surface area contributed by atoms with E-state index in [2.05, 4.69) is 117 Å². The smallest absolute Gasteiger partial charge is 0.328 e. The number of aromatic amines is 1. The molecule has 3 aromatic rings. The van der Waals surface area contributed by atoms with Gasteiger partial charge < -0.3 is 31.0 Å². The Bertz CT molecular complexity index is 1960. The highest BCUT2D eigenvalue weighted by molar-refractivity contribution is 5.82. The van der Waals surface area contributed by atoms with Gasteiger partial charge in [0, 0.05) is 6.54 Å². The molecular weight excluding hydrogens is 737 g/mol. The van der Waals surface area contributed by atoms with E-state index in [1.807, 2.05) is 12.1 Å². The van der Waals surface area contributed by atoms with Crippen LogP contribution in [0.15, 0.2) is 99.0 Å². The number of unbranched alkanes of at least 4 members (excludes halogenated alkanes) is 2. The molecule has 0 aliphatic carbocycles. The molecule has 0 saturated carbocycles. The third-order valence-electron chi connectivity index (χ3n) is 10.5. The second kappa shape index (κ2) is 27.3. The molecule has 10 heteroatoms. The van der Waals surface area contributed by atoms with E-state index in [0.717, 1.165) is 89.3 Å². The maximum atomic E-state index is 12.7. The predicted octanol–water partition coefficient (Wildman–Crippen LogP) is 10.3. The van der Waals surface area contributed by atoms with Crippen LogP contribution in [0.5, 0.6) is 6.01 Å². The molecule has 0 aliphatic rings. The van der Waals surface area contributed by atoms with Crippen LogP contribution in [0, 0.1) is 0 Å². The summed E-state index contributed by atoms with van der Waals surface area (Å²) in [6.45, 7) is 17.1. The molecule has 0 bridgehead atoms. The number of nitrogens with one attached hydrogen (secondary N) is 2. The molecular formula is C49H74N6O4. The molecule has 0 fully saturated rings. The number of rotatable bonds is 28. The monoisotopic (exact) mass is 811 g/mol. The summed E-state index contributed by atoms with van der Waals surface area (Å²) < 4.78 is 6.84. The lowest BCUT2D eigenvalue weighted by atomic mass is 10.0. The summed E-state index contributed by atoms with van der Waals surface area (Å²) in [5.41, 5.74) is 17.3. The minimum atomic E-state index is -1.08. The molecule has 1 unspecified atom stereocenters. The van der Waals surface area contributed by atoms with E-state index in [1.165, 1.54) is 56.4 Å². The number of nitrogen functional groups attached to an aromatic ring is 1. The van der Waals surface area contributed by atoms with Crippen molar-refractivity contribution in [1.29, 1.82) is 0 Å². The molecule has 59 heavy (non-hydrogen) atoms. The van der Waals surface area contributed by atoms with Crippen LogP contribution in [0.25, 0.3) is 11.2 Å². The number of H-pyrrole nitrogens is 1. The molecule has 6 N–H and O–H groups in total. The van der Waals surface area contributed by atoms with E-state index in [4.69, 9.17) is 15.6 Å². The van der Waals surface area contributed by atoms with E-state index < -0.39 is 12.7 Å². The molecule has 0 saturated heterocycles. The molecule has 0 aliphatic heterocycles. The van der Waals surface area contributed by atoms with Crippen LogP contribution in [0.2, 0.25) is 0 Å². The van der Waals surface area contributed by atoms with Crippen LogP contribution < -0.4 is 21.5 Å². The number of aromatic nitrogens is 4. The first kappa shape index (κ1) is 48.9. The average molecular weight is 811 g/mol. The molecule has 1 atom stereocenters. The van der Waals surface area contributed by atoms with Crippen LogP contribution in [-0.2, 0) is 13.1 Å². The highest BCUT2D eigenvalue weighted by Gasteiger charge is 2.16. The van der Waals surface area contributed by atoms with Gasteiger partial charge in [-0.15, -0.1) is 0 Å². The van der Waals surface area contributed by atoms with Crippen LogP contribution in [0.1, 0.15) is 143 Å². The van der Waals surface area contributed by atoms with Gasteiger partial charge in [0.15, 0.2) is 11.5 Å². The summed E-state index contributed by atoms with van der Waals surface area (Å²) in [5.74, 6) is 0.0654. The predicted molar refractivity (Wildman–Crippen MR) is 247 cm³/mol. The van der Waals surface area contributed by atoms with Crippen LogP contribution in [0.3, 0.4) is 0 Å². The third-order valence-corrected chi connectivity index (χ3v) is 10.5. The Labute approximate surface area is 354 Å². The number of fused-ring (bicyclic) bond motifs is 1. The number of nitrogens with zero attached hydrogens (tertiary/aromatic N) is 3. The van der Waals surface area contributed by atoms with Crippen molar-refractivity contribution >= 4 is 17.0 Å². The zero-order chi connectivity index (χ0) is 43.0. The van der Waals surface area contributed by atoms with Gasteiger partial charge in [-0.25, -0.2) is 4.79 Å². The Balaban J connectivity index is 1.27. The van der Waals surface area contributed by atoms with Gasteiger partial charge in [-0.05, 0) is 150 Å². The van der Waals surface area contributed by atoms with Crippen LogP contribution >= 0.6 is 0 Å². The standard InChI is InChI=1S/C49H74N6O4/c1-36(2)16-12-20-40(6)24-13-21-37(3)17-8-9-18-38(4)22-14-25-41(7)26-15-23-39(5)19-10-11-31-51-32-42-27-29-43(30-28-42)33-55-47-45(52-49(55)58)46(50)53-48(54-47)59-35-44(57)34-56/h16-18,23-25,27-30,44,51,56-57H,8-15,19-22,26,31-35H2,1-7H3,(H,52,58)(H2,50,53,54)/b37-17+,38-18+,39-23+,40-24+,41-25+. The van der Waals surface area contributed by atoms with Gasteiger partial charge in [-0.2, -0.15) is 9.97 Å². The number of aliphatic hydroxyl groups excluding tert-OH is 2. The van der Waals surface area contributed by atoms with Crippen molar-refractivity contribution < 1.29 is 14.9 Å². The second-order valence-electron chi connectivity index (χ2n) is 16.5. The minimum Gasteiger partial charge on any atom is -0.461 e. The Kier molecular flexibility index (Phi) is 22.6. The molecule has 3 rings (SSSR count). The molecule has 10 nitrogen and oxygen atoms in total. The number of benzene rings is 1. The zero-order valence-electron chi connectivity index (χ0n) is 37.2. The Morgan fingerprint density at radius 1 is 0.746 bits per heavy atom. The number of allylic oxidation sites excluding steroid dienone is 12. The molecule has 324 valence electrons. The molecule has 0 radical (unpaired) electrons. The lowest BCUT2D eigenvalue weighted by Gasteiger charge is -2.10. The van der Waals surface area contributed by atoms with E-state index in [1.54, 1.807) is 0 Å². The van der Waals surface area contributed by atoms with E-state index >= 15 is 0 Å². The van der Waals surface area contributed by atoms with Gasteiger partial charge >= 0.3 is 11.7 Å². The number of hydrogen-bond donors (Lipinski definition) is 5. The van der Waals surface area contributed by atoms with Crippen LogP contribution in [0.4, 0.5) is 5.82 Å². The lowest BCUT2D eigenvalue weighted by molar-refractivity contribution is 0.0506. The number of hydrogen-bond acceptors (Lipinski definition) is 8. The lowest BCUT2D eigenvalue weighted by Crippen LogP contribution is -2.22. The van der Waals surface area contributed by atoms with Crippen molar-refractivity contribution in [1.82, 2.24) is 24.8 Å². The minimum absolute atomic E-state index is 0.0654. The van der Waals surface area contributed by atoms with Gasteiger partial charge in [-0.3, -0.25) is 4.57 Å². The van der Waals surface area contributed by atoms with Crippen molar-refractivity contribution in [3.63, 3.8) is 0 Å². The van der Waals surface area contributed by atoms with E-state index in [9.17, 15) is 9.90 Å². The van der Waals surface area contributed by atoms with E-state index in [-0.39, 0.29) is 30.7 Å². The molecule has 0 spiro atoms. The van der Waals surface area contributed by atoms with E-state index in [0.29, 0.717) is 11.2 Å². The molecule has 1 aromatic carbocycles. The van der Waals surface area contributed by atoms with Crippen molar-refractivity contribution in [2.45, 2.75) is 151 Å². The summed E-state index contributed by atoms with van der Waals surface area (Å²) in [6.07, 6.45) is 28.2. The number of aliphatic hydroxyl groups is 2. The van der Waals surface area contributed by atoms with Crippen molar-refractivity contribution in [2.75, 3.05) is 25.5 Å². The zero-order valence-corrected chi connectivity index (χ0v) is 37.2. The second-order valence-corrected chi connectivity index (χ2v) is 16.5. The molecule has 0 amide bonds. The quantitative estimate of drug-likeness (QED) is 0.0359. The highest BCUT2D eigenvalue weighted by atomic mass is 16.5. The van der Waals surface area contributed by atoms with Crippen molar-refractivity contribution in [3.05, 3.63) is 116 Å². The first-order valence-electron chi connectivity index (χ1n) is 21.7. The largest absolute Gasteiger partial charge is 0.461 e. The first-order chi connectivity index (χ1) is 28.3. The Morgan fingerprint density at radius 3 is 1.80 bits per heavy atom. The number of anilines is 1. The van der Waals surface area contributed by atoms with Gasteiger partial charge in [-0.1, -0.05) is 94.2 Å². The normalized spacial score (nSPS) is 13.7. The summed E-state index contributed by atoms with van der Waals surface area (Å²) in [6, 6.07) is 8.06. The van der Waals surface area contributed by atoms with Crippen molar-refractivity contribution in [2.24, 2.45) is 0 Å². The van der Waals surface area contributed by atoms with Gasteiger partial charge in [0.25, 0.3) is 0 Å². The van der Waals surface area contributed by atoms with Gasteiger partial charge in [0.1, 0.15) is 18.2 Å². The highest BCUT2D eigenvalue weighted by Crippen LogP contribution is 2.20. The molecule has 2 heterocycles. The third kappa shape index (κ3) is 19.9. The summed E-state index contributed by atoms with van der Waals surface area (Å²) in [7, 11) is 0. The Morgan fingerprint density at radius 2 is 1.25 bits per heavy atom. The fourth-order valence-corrected chi connectivity index (χ4v) is 6.69.